The number of para-hydroxylation sites is 2. The van der Waals surface area contributed by atoms with Crippen LogP contribution in [0.25, 0.3) is 32.9 Å². The second kappa shape index (κ2) is 11.9. The summed E-state index contributed by atoms with van der Waals surface area (Å²) in [4.78, 5) is 1.97. The van der Waals surface area contributed by atoms with Crippen molar-refractivity contribution in [3.63, 3.8) is 0 Å². The van der Waals surface area contributed by atoms with E-state index in [0.29, 0.717) is 5.56 Å². The predicted octanol–water partition coefficient (Wildman–Crippen LogP) is 5.94. The first kappa shape index (κ1) is 28.9. The Morgan fingerprint density at radius 3 is 1.95 bits per heavy atom. The number of benzene rings is 4. The number of rotatable bonds is 6. The van der Waals surface area contributed by atoms with E-state index in [0.717, 1.165) is 30.5 Å². The van der Waals surface area contributed by atoms with Gasteiger partial charge in [-0.05, 0) is 62.7 Å². The van der Waals surface area contributed by atoms with Gasteiger partial charge in [-0.1, -0.05) is 30.3 Å². The Bertz CT molecular complexity index is 1720. The predicted molar refractivity (Wildman–Crippen MR) is 159 cm³/mol. The van der Waals surface area contributed by atoms with E-state index in [1.165, 1.54) is 52.1 Å². The van der Waals surface area contributed by atoms with E-state index in [1.807, 2.05) is 0 Å². The van der Waals surface area contributed by atoms with Crippen molar-refractivity contribution >= 4 is 37.6 Å². The number of hydrogen-bond acceptors (Lipinski definition) is 6. The maximum absolute atomic E-state index is 10.5. The lowest BCUT2D eigenvalue weighted by Crippen LogP contribution is -2.30. The molecule has 1 heterocycles. The molecule has 0 atom stereocenters. The van der Waals surface area contributed by atoms with Gasteiger partial charge in [-0.2, -0.15) is 4.57 Å². The van der Waals surface area contributed by atoms with E-state index in [1.54, 1.807) is 7.11 Å². The fourth-order valence-electron chi connectivity index (χ4n) is 5.05. The fraction of sp³-hybridized carbons (Fsp3) is 0.219. The molecule has 0 spiro atoms. The molecule has 8 heteroatoms. The SMILES string of the molecule is CCN(CC)c1ccc(-c2c3ccccc3[n+](C)c3ccccc23)c(OC)c1.Cc1ccc(O)cc1S(=O)(=O)[O-]. The van der Waals surface area contributed by atoms with Gasteiger partial charge in [0.25, 0.3) is 0 Å². The average Bonchev–Trinajstić information content (AvgIpc) is 2.95. The molecule has 0 saturated heterocycles. The van der Waals surface area contributed by atoms with Gasteiger partial charge in [0.1, 0.15) is 28.7 Å². The minimum atomic E-state index is -4.47. The zero-order valence-electron chi connectivity index (χ0n) is 23.4. The number of aromatic nitrogens is 1. The molecule has 0 saturated carbocycles. The Morgan fingerprint density at radius 1 is 0.875 bits per heavy atom. The van der Waals surface area contributed by atoms with E-state index in [4.69, 9.17) is 9.84 Å². The van der Waals surface area contributed by atoms with Crippen LogP contribution in [0.4, 0.5) is 5.69 Å². The smallest absolute Gasteiger partial charge is 0.213 e. The number of nitrogens with zero attached hydrogens (tertiary/aromatic N) is 2. The number of pyridine rings is 1. The second-order valence-corrected chi connectivity index (χ2v) is 10.8. The summed E-state index contributed by atoms with van der Waals surface area (Å²) in [5, 5.41) is 11.4. The van der Waals surface area contributed by atoms with Gasteiger partial charge >= 0.3 is 0 Å². The monoisotopic (exact) mass is 558 g/mol. The summed E-state index contributed by atoms with van der Waals surface area (Å²) >= 11 is 0. The van der Waals surface area contributed by atoms with Crippen LogP contribution in [0.2, 0.25) is 0 Å². The topological polar surface area (TPSA) is 93.8 Å². The van der Waals surface area contributed by atoms with Crippen LogP contribution in [0.3, 0.4) is 0 Å². The summed E-state index contributed by atoms with van der Waals surface area (Å²) in [5.74, 6) is 0.684. The third-order valence-electron chi connectivity index (χ3n) is 7.09. The maximum Gasteiger partial charge on any atom is 0.213 e. The summed E-state index contributed by atoms with van der Waals surface area (Å²) in [6.45, 7) is 7.81. The summed E-state index contributed by atoms with van der Waals surface area (Å²) in [5.41, 5.74) is 6.32. The molecule has 5 aromatic rings. The van der Waals surface area contributed by atoms with Gasteiger partial charge in [0, 0.05) is 48.1 Å². The Morgan fingerprint density at radius 2 is 1.45 bits per heavy atom. The van der Waals surface area contributed by atoms with Crippen molar-refractivity contribution in [1.29, 1.82) is 0 Å². The van der Waals surface area contributed by atoms with Crippen molar-refractivity contribution in [3.8, 4) is 22.6 Å². The molecule has 4 aromatic carbocycles. The number of hydrogen-bond donors (Lipinski definition) is 1. The molecule has 5 rings (SSSR count). The van der Waals surface area contributed by atoms with Crippen molar-refractivity contribution in [2.45, 2.75) is 25.7 Å². The third-order valence-corrected chi connectivity index (χ3v) is 8.07. The van der Waals surface area contributed by atoms with Crippen molar-refractivity contribution < 1.29 is 27.4 Å². The van der Waals surface area contributed by atoms with Crippen LogP contribution in [0.1, 0.15) is 19.4 Å². The summed E-state index contributed by atoms with van der Waals surface area (Å²) in [6.07, 6.45) is 0. The van der Waals surface area contributed by atoms with Crippen LogP contribution >= 0.6 is 0 Å². The Labute approximate surface area is 235 Å². The summed E-state index contributed by atoms with van der Waals surface area (Å²) < 4.78 is 39.8. The van der Waals surface area contributed by atoms with E-state index in [-0.39, 0.29) is 10.6 Å². The zero-order chi connectivity index (χ0) is 29.0. The molecule has 0 radical (unpaired) electrons. The lowest BCUT2D eigenvalue weighted by atomic mass is 9.94. The summed E-state index contributed by atoms with van der Waals surface area (Å²) in [7, 11) is -0.570. The molecular formula is C32H34N2O5S. The van der Waals surface area contributed by atoms with Crippen molar-refractivity contribution in [3.05, 3.63) is 90.5 Å². The molecule has 1 aromatic heterocycles. The maximum atomic E-state index is 10.5. The molecule has 208 valence electrons. The van der Waals surface area contributed by atoms with Gasteiger partial charge in [0.15, 0.2) is 0 Å². The normalized spacial score (nSPS) is 11.2. The number of phenolic OH excluding ortho intramolecular Hbond substituents is 1. The average molecular weight is 559 g/mol. The number of aryl methyl sites for hydroxylation is 2. The molecule has 0 aliphatic rings. The molecule has 0 unspecified atom stereocenters. The first-order chi connectivity index (χ1) is 19.1. The van der Waals surface area contributed by atoms with Gasteiger partial charge in [0.05, 0.1) is 22.8 Å². The zero-order valence-corrected chi connectivity index (χ0v) is 24.2. The lowest BCUT2D eigenvalue weighted by Gasteiger charge is -2.23. The van der Waals surface area contributed by atoms with Crippen LogP contribution in [0.15, 0.2) is 89.8 Å². The minimum absolute atomic E-state index is 0.227. The highest BCUT2D eigenvalue weighted by atomic mass is 32.2. The van der Waals surface area contributed by atoms with Crippen LogP contribution in [0, 0.1) is 6.92 Å². The van der Waals surface area contributed by atoms with E-state index in [2.05, 4.69) is 97.1 Å². The van der Waals surface area contributed by atoms with Gasteiger partial charge < -0.3 is 19.3 Å². The first-order valence-electron chi connectivity index (χ1n) is 13.1. The minimum Gasteiger partial charge on any atom is -0.744 e. The third kappa shape index (κ3) is 5.73. The Balaban J connectivity index is 0.000000259. The van der Waals surface area contributed by atoms with Crippen molar-refractivity contribution in [2.75, 3.05) is 25.1 Å². The molecule has 0 amide bonds. The molecule has 0 bridgehead atoms. The van der Waals surface area contributed by atoms with Crippen molar-refractivity contribution in [2.24, 2.45) is 7.05 Å². The van der Waals surface area contributed by atoms with Crippen LogP contribution in [-0.2, 0) is 17.2 Å². The molecule has 40 heavy (non-hydrogen) atoms. The second-order valence-electron chi connectivity index (χ2n) is 9.43. The van der Waals surface area contributed by atoms with Crippen LogP contribution in [0.5, 0.6) is 11.5 Å². The lowest BCUT2D eigenvalue weighted by molar-refractivity contribution is -0.617. The molecule has 0 aliphatic carbocycles. The highest BCUT2D eigenvalue weighted by Crippen LogP contribution is 2.40. The number of phenols is 1. The highest BCUT2D eigenvalue weighted by Gasteiger charge is 2.21. The Kier molecular flexibility index (Phi) is 8.61. The first-order valence-corrected chi connectivity index (χ1v) is 14.5. The molecule has 0 aliphatic heterocycles. The summed E-state index contributed by atoms with van der Waals surface area (Å²) in [6, 6.07) is 27.4. The van der Waals surface area contributed by atoms with Gasteiger partial charge in [0.2, 0.25) is 11.0 Å². The molecule has 7 nitrogen and oxygen atoms in total. The van der Waals surface area contributed by atoms with Crippen LogP contribution in [-0.4, -0.2) is 38.3 Å². The number of aromatic hydroxyl groups is 1. The largest absolute Gasteiger partial charge is 0.744 e. The Hall–Kier alpha value is -4.14. The van der Waals surface area contributed by atoms with E-state index in [9.17, 15) is 13.0 Å². The standard InChI is InChI=1S/C25H27N2O.C7H8O4S/c1-5-27(6-2)18-15-16-21(24(17-18)28-4)25-19-11-7-9-13-22(19)26(3)23-14-10-8-12-20(23)25;1-5-2-3-6(8)4-7(5)12(9,10)11/h7-17H,5-6H2,1-4H3;2-4,8H,1H3,(H,9,10,11)/q+1;/p-1. The quantitative estimate of drug-likeness (QED) is 0.157. The van der Waals surface area contributed by atoms with Gasteiger partial charge in [-0.25, -0.2) is 8.42 Å². The van der Waals surface area contributed by atoms with Crippen molar-refractivity contribution in [1.82, 2.24) is 0 Å². The number of anilines is 1. The number of ether oxygens (including phenoxy) is 1. The molecular weight excluding hydrogens is 524 g/mol. The van der Waals surface area contributed by atoms with E-state index < -0.39 is 10.1 Å². The highest BCUT2D eigenvalue weighted by molar-refractivity contribution is 7.85. The molecule has 0 fully saturated rings. The number of methoxy groups -OCH3 is 1. The molecule has 1 N–H and O–H groups in total. The van der Waals surface area contributed by atoms with Gasteiger partial charge in [-0.15, -0.1) is 0 Å². The van der Waals surface area contributed by atoms with Gasteiger partial charge in [-0.3, -0.25) is 0 Å². The van der Waals surface area contributed by atoms with E-state index >= 15 is 0 Å². The fourth-order valence-corrected chi connectivity index (χ4v) is 5.78. The number of fused-ring (bicyclic) bond motifs is 2. The van der Waals surface area contributed by atoms with Crippen LogP contribution < -0.4 is 14.2 Å².